The van der Waals surface area contributed by atoms with Crippen LogP contribution in [0.25, 0.3) is 22.1 Å². The van der Waals surface area contributed by atoms with Crippen LogP contribution in [0.15, 0.2) is 23.0 Å². The monoisotopic (exact) mass is 345 g/mol. The molecule has 9 heteroatoms. The Morgan fingerprint density at radius 3 is 2.84 bits per heavy atom. The van der Waals surface area contributed by atoms with Gasteiger partial charge in [0.05, 0.1) is 25.8 Å². The van der Waals surface area contributed by atoms with Crippen molar-refractivity contribution < 1.29 is 23.6 Å². The number of carbonyl (C=O) groups is 1. The van der Waals surface area contributed by atoms with Gasteiger partial charge in [-0.1, -0.05) is 0 Å². The first-order valence-corrected chi connectivity index (χ1v) is 7.38. The van der Waals surface area contributed by atoms with Crippen LogP contribution in [0.2, 0.25) is 0 Å². The van der Waals surface area contributed by atoms with Gasteiger partial charge in [-0.05, 0) is 18.6 Å². The highest BCUT2D eigenvalue weighted by Gasteiger charge is 2.33. The van der Waals surface area contributed by atoms with Crippen LogP contribution in [-0.2, 0) is 9.53 Å². The van der Waals surface area contributed by atoms with Crippen molar-refractivity contribution in [3.63, 3.8) is 0 Å². The molecular weight excluding hydrogens is 330 g/mol. The summed E-state index contributed by atoms with van der Waals surface area (Å²) in [5.41, 5.74) is 2.08. The Balaban J connectivity index is 2.38. The van der Waals surface area contributed by atoms with Gasteiger partial charge in [-0.3, -0.25) is 14.9 Å². The van der Waals surface area contributed by atoms with Gasteiger partial charge in [-0.15, -0.1) is 0 Å². The Morgan fingerprint density at radius 1 is 1.44 bits per heavy atom. The molecule has 0 spiro atoms. The average Bonchev–Trinajstić information content (AvgIpc) is 2.98. The summed E-state index contributed by atoms with van der Waals surface area (Å²) in [5.74, 6) is -0.248. The van der Waals surface area contributed by atoms with E-state index in [1.54, 1.807) is 13.0 Å². The van der Waals surface area contributed by atoms with E-state index in [0.29, 0.717) is 38.9 Å². The molecule has 0 amide bonds. The predicted octanol–water partition coefficient (Wildman–Crippen LogP) is 2.57. The van der Waals surface area contributed by atoms with E-state index in [1.165, 1.54) is 26.7 Å². The molecule has 2 heterocycles. The summed E-state index contributed by atoms with van der Waals surface area (Å²) in [4.78, 5) is 30.9. The van der Waals surface area contributed by atoms with Crippen LogP contribution in [0.4, 0.5) is 0 Å². The van der Waals surface area contributed by atoms with Crippen molar-refractivity contribution in [2.45, 2.75) is 19.4 Å². The van der Waals surface area contributed by atoms with E-state index < -0.39 is 23.4 Å². The maximum Gasteiger partial charge on any atom is 0.312 e. The first-order chi connectivity index (χ1) is 12.0. The fourth-order valence-electron chi connectivity index (χ4n) is 2.91. The molecule has 0 saturated carbocycles. The first kappa shape index (κ1) is 16.6. The Hall–Kier alpha value is -3.23. The molecule has 25 heavy (non-hydrogen) atoms. The standard InChI is InChI=1S/C16H15N3O6/c1-8-4-10(23-2)16-14(15-11(25-16)6-17-7-18-15)13(8)9(19(21)22)5-12(20)24-3/h4,6-7,9H,5H2,1-3H3. The molecule has 1 unspecified atom stereocenters. The zero-order chi connectivity index (χ0) is 18.1. The summed E-state index contributed by atoms with van der Waals surface area (Å²) in [5, 5.41) is 12.1. The van der Waals surface area contributed by atoms with Crippen molar-refractivity contribution in [3.05, 3.63) is 39.8 Å². The highest BCUT2D eigenvalue weighted by molar-refractivity contribution is 6.07. The van der Waals surface area contributed by atoms with Crippen LogP contribution in [-0.4, -0.2) is 35.1 Å². The summed E-state index contributed by atoms with van der Waals surface area (Å²) < 4.78 is 15.7. The molecule has 0 aliphatic heterocycles. The zero-order valence-corrected chi connectivity index (χ0v) is 13.8. The molecule has 0 aliphatic rings. The zero-order valence-electron chi connectivity index (χ0n) is 13.8. The van der Waals surface area contributed by atoms with Crippen molar-refractivity contribution in [1.29, 1.82) is 0 Å². The SMILES string of the molecule is COC(=O)CC(c1c(C)cc(OC)c2oc3cncnc3c12)[N+](=O)[O-]. The number of ether oxygens (including phenoxy) is 2. The molecule has 3 aromatic rings. The lowest BCUT2D eigenvalue weighted by Gasteiger charge is -2.14. The maximum absolute atomic E-state index is 11.7. The number of carbonyl (C=O) groups excluding carboxylic acids is 1. The Labute approximate surface area is 141 Å². The lowest BCUT2D eigenvalue weighted by molar-refractivity contribution is -0.527. The van der Waals surface area contributed by atoms with Crippen LogP contribution in [0.1, 0.15) is 23.6 Å². The van der Waals surface area contributed by atoms with Crippen LogP contribution in [0.5, 0.6) is 5.75 Å². The third kappa shape index (κ3) is 2.73. The van der Waals surface area contributed by atoms with Gasteiger partial charge < -0.3 is 13.9 Å². The molecule has 0 fully saturated rings. The summed E-state index contributed by atoms with van der Waals surface area (Å²) in [6.07, 6.45) is 2.41. The summed E-state index contributed by atoms with van der Waals surface area (Å²) >= 11 is 0. The minimum atomic E-state index is -1.29. The second-order valence-electron chi connectivity index (χ2n) is 5.43. The van der Waals surface area contributed by atoms with Gasteiger partial charge >= 0.3 is 5.97 Å². The number of nitro groups is 1. The highest BCUT2D eigenvalue weighted by Crippen LogP contribution is 2.41. The third-order valence-electron chi connectivity index (χ3n) is 4.02. The van der Waals surface area contributed by atoms with Crippen LogP contribution in [0.3, 0.4) is 0 Å². The predicted molar refractivity (Wildman–Crippen MR) is 87.0 cm³/mol. The molecule has 2 aromatic heterocycles. The van der Waals surface area contributed by atoms with E-state index in [-0.39, 0.29) is 0 Å². The Kier molecular flexibility index (Phi) is 4.22. The molecule has 0 saturated heterocycles. The quantitative estimate of drug-likeness (QED) is 0.393. The Bertz CT molecular complexity index is 981. The van der Waals surface area contributed by atoms with Gasteiger partial charge in [0.2, 0.25) is 6.04 Å². The number of benzene rings is 1. The van der Waals surface area contributed by atoms with Gasteiger partial charge in [0.25, 0.3) is 0 Å². The van der Waals surface area contributed by atoms with E-state index in [4.69, 9.17) is 9.15 Å². The molecule has 1 aromatic carbocycles. The largest absolute Gasteiger partial charge is 0.493 e. The minimum absolute atomic E-state index is 0.329. The number of aromatic nitrogens is 2. The minimum Gasteiger partial charge on any atom is -0.493 e. The number of fused-ring (bicyclic) bond motifs is 3. The van der Waals surface area contributed by atoms with Crippen molar-refractivity contribution >= 4 is 28.0 Å². The molecule has 0 bridgehead atoms. The number of methoxy groups -OCH3 is 2. The van der Waals surface area contributed by atoms with Crippen molar-refractivity contribution in [2.75, 3.05) is 14.2 Å². The van der Waals surface area contributed by atoms with Gasteiger partial charge in [-0.25, -0.2) is 9.97 Å². The van der Waals surface area contributed by atoms with E-state index in [0.717, 1.165) is 0 Å². The third-order valence-corrected chi connectivity index (χ3v) is 4.02. The van der Waals surface area contributed by atoms with Gasteiger partial charge in [0, 0.05) is 10.5 Å². The van der Waals surface area contributed by atoms with Crippen LogP contribution < -0.4 is 4.74 Å². The number of hydrogen-bond donors (Lipinski definition) is 0. The molecule has 0 aliphatic carbocycles. The number of hydrogen-bond acceptors (Lipinski definition) is 8. The molecule has 1 atom stereocenters. The summed E-state index contributed by atoms with van der Waals surface area (Å²) in [6, 6.07) is 0.345. The van der Waals surface area contributed by atoms with Crippen LogP contribution >= 0.6 is 0 Å². The molecular formula is C16H15N3O6. The van der Waals surface area contributed by atoms with Crippen molar-refractivity contribution in [1.82, 2.24) is 9.97 Å². The van der Waals surface area contributed by atoms with Crippen LogP contribution in [0, 0.1) is 17.0 Å². The number of furan rings is 1. The van der Waals surface area contributed by atoms with Crippen molar-refractivity contribution in [2.24, 2.45) is 0 Å². The molecule has 0 radical (unpaired) electrons. The van der Waals surface area contributed by atoms with Gasteiger partial charge in [0.1, 0.15) is 18.3 Å². The highest BCUT2D eigenvalue weighted by atomic mass is 16.6. The fraction of sp³-hybridized carbons (Fsp3) is 0.312. The molecule has 0 N–H and O–H groups in total. The second kappa shape index (κ2) is 6.34. The fourth-order valence-corrected chi connectivity index (χ4v) is 2.91. The molecule has 9 nitrogen and oxygen atoms in total. The number of esters is 1. The normalized spacial score (nSPS) is 12.3. The smallest absolute Gasteiger partial charge is 0.312 e. The van der Waals surface area contributed by atoms with E-state index in [2.05, 4.69) is 14.7 Å². The van der Waals surface area contributed by atoms with E-state index in [9.17, 15) is 14.9 Å². The first-order valence-electron chi connectivity index (χ1n) is 7.38. The topological polar surface area (TPSA) is 118 Å². The lowest BCUT2D eigenvalue weighted by atomic mass is 9.94. The van der Waals surface area contributed by atoms with E-state index in [1.807, 2.05) is 0 Å². The molecule has 130 valence electrons. The number of nitrogens with zero attached hydrogens (tertiary/aromatic N) is 3. The maximum atomic E-state index is 11.7. The summed E-state index contributed by atoms with van der Waals surface area (Å²) in [7, 11) is 2.67. The number of rotatable bonds is 5. The van der Waals surface area contributed by atoms with E-state index >= 15 is 0 Å². The van der Waals surface area contributed by atoms with Crippen molar-refractivity contribution in [3.8, 4) is 5.75 Å². The number of aryl methyl sites for hydroxylation is 1. The lowest BCUT2D eigenvalue weighted by Crippen LogP contribution is -2.17. The Morgan fingerprint density at radius 2 is 2.20 bits per heavy atom. The second-order valence-corrected chi connectivity index (χ2v) is 5.43. The summed E-state index contributed by atoms with van der Waals surface area (Å²) in [6.45, 7) is 1.71. The molecule has 3 rings (SSSR count). The average molecular weight is 345 g/mol. The van der Waals surface area contributed by atoms with Gasteiger partial charge in [0.15, 0.2) is 16.9 Å². The van der Waals surface area contributed by atoms with Gasteiger partial charge in [-0.2, -0.15) is 0 Å².